The monoisotopic (exact) mass is 380 g/mol. The maximum Gasteiger partial charge on any atom is 0.254 e. The first-order chi connectivity index (χ1) is 13.2. The molecule has 2 aromatic carbocycles. The smallest absolute Gasteiger partial charge is 0.254 e. The summed E-state index contributed by atoms with van der Waals surface area (Å²) >= 11 is 6.01. The van der Waals surface area contributed by atoms with E-state index in [9.17, 15) is 4.79 Å². The van der Waals surface area contributed by atoms with Crippen LogP contribution in [0.1, 0.15) is 28.8 Å². The molecule has 0 aliphatic carbocycles. The fraction of sp³-hybridized carbons (Fsp3) is 0.143. The van der Waals surface area contributed by atoms with Gasteiger partial charge in [-0.2, -0.15) is 0 Å². The molecule has 27 heavy (non-hydrogen) atoms. The van der Waals surface area contributed by atoms with Crippen molar-refractivity contribution in [2.75, 3.05) is 6.79 Å². The van der Waals surface area contributed by atoms with E-state index in [4.69, 9.17) is 21.1 Å². The number of rotatable bonds is 4. The van der Waals surface area contributed by atoms with Crippen LogP contribution >= 0.6 is 11.6 Å². The van der Waals surface area contributed by atoms with Gasteiger partial charge in [0, 0.05) is 23.0 Å². The van der Waals surface area contributed by atoms with Crippen LogP contribution in [0.4, 0.5) is 0 Å². The highest BCUT2D eigenvalue weighted by molar-refractivity contribution is 6.30. The molecule has 6 heteroatoms. The lowest BCUT2D eigenvalue weighted by molar-refractivity contribution is -0.142. The highest BCUT2D eigenvalue weighted by Crippen LogP contribution is 2.33. The van der Waals surface area contributed by atoms with Crippen molar-refractivity contribution in [3.8, 4) is 5.75 Å². The Bertz CT molecular complexity index is 932. The molecule has 3 aromatic rings. The predicted octanol–water partition coefficient (Wildman–Crippen LogP) is 4.05. The fourth-order valence-corrected chi connectivity index (χ4v) is 3.22. The number of halogens is 1. The molecule has 5 nitrogen and oxygen atoms in total. The molecule has 2 atom stereocenters. The molecule has 0 saturated heterocycles. The van der Waals surface area contributed by atoms with Gasteiger partial charge < -0.3 is 14.8 Å². The van der Waals surface area contributed by atoms with E-state index in [0.29, 0.717) is 16.3 Å². The quantitative estimate of drug-likeness (QED) is 0.741. The second-order valence-electron chi connectivity index (χ2n) is 6.12. The summed E-state index contributed by atoms with van der Waals surface area (Å²) in [6.07, 6.45) is 2.67. The third-order valence-corrected chi connectivity index (χ3v) is 4.67. The molecular formula is C21H17ClN2O3. The van der Waals surface area contributed by atoms with Gasteiger partial charge in [-0.1, -0.05) is 41.9 Å². The Morgan fingerprint density at radius 2 is 1.74 bits per heavy atom. The minimum absolute atomic E-state index is 0.0377. The third-order valence-electron chi connectivity index (χ3n) is 4.42. The second kappa shape index (κ2) is 7.78. The van der Waals surface area contributed by atoms with Crippen LogP contribution in [0.2, 0.25) is 5.02 Å². The van der Waals surface area contributed by atoms with E-state index >= 15 is 0 Å². The molecule has 136 valence electrons. The Morgan fingerprint density at radius 1 is 1.04 bits per heavy atom. The van der Waals surface area contributed by atoms with Gasteiger partial charge in [-0.3, -0.25) is 9.78 Å². The number of aromatic nitrogens is 1. The minimum Gasteiger partial charge on any atom is -0.467 e. The number of para-hydroxylation sites is 1. The topological polar surface area (TPSA) is 60.5 Å². The highest BCUT2D eigenvalue weighted by atomic mass is 35.5. The fourth-order valence-electron chi connectivity index (χ4n) is 3.09. The Morgan fingerprint density at radius 3 is 2.52 bits per heavy atom. The average Bonchev–Trinajstić information content (AvgIpc) is 2.73. The van der Waals surface area contributed by atoms with Crippen molar-refractivity contribution in [3.05, 3.63) is 94.8 Å². The summed E-state index contributed by atoms with van der Waals surface area (Å²) in [5.41, 5.74) is 2.55. The Balaban J connectivity index is 1.64. The summed E-state index contributed by atoms with van der Waals surface area (Å²) in [5, 5.41) is 3.73. The molecule has 1 aromatic heterocycles. The number of benzene rings is 2. The predicted molar refractivity (Wildman–Crippen MR) is 101 cm³/mol. The number of amides is 1. The number of ether oxygens (including phenoxy) is 2. The highest BCUT2D eigenvalue weighted by Gasteiger charge is 2.30. The number of carbonyl (C=O) groups is 1. The van der Waals surface area contributed by atoms with Gasteiger partial charge in [0.05, 0.1) is 6.04 Å². The van der Waals surface area contributed by atoms with Crippen molar-refractivity contribution in [2.24, 2.45) is 0 Å². The van der Waals surface area contributed by atoms with E-state index in [1.807, 2.05) is 48.5 Å². The van der Waals surface area contributed by atoms with Crippen molar-refractivity contribution in [2.45, 2.75) is 12.1 Å². The summed E-state index contributed by atoms with van der Waals surface area (Å²) < 4.78 is 11.1. The van der Waals surface area contributed by atoms with Gasteiger partial charge in [0.2, 0.25) is 0 Å². The standard InChI is InChI=1S/C21H17ClN2O3/c22-16-7-5-14(6-8-16)19(15-9-11-23-12-10-15)24-21(25)20-17-3-1-2-4-18(17)26-13-27-20/h1-12,19-20H,13H2,(H,24,25). The molecule has 2 heterocycles. The first-order valence-corrected chi connectivity index (χ1v) is 8.89. The molecule has 2 unspecified atom stereocenters. The number of fused-ring (bicyclic) bond motifs is 1. The van der Waals surface area contributed by atoms with E-state index in [2.05, 4.69) is 10.3 Å². The van der Waals surface area contributed by atoms with Crippen LogP contribution in [0.3, 0.4) is 0 Å². The molecule has 0 radical (unpaired) electrons. The molecule has 0 bridgehead atoms. The molecule has 1 aliphatic rings. The van der Waals surface area contributed by atoms with Crippen LogP contribution in [0.25, 0.3) is 0 Å². The molecule has 0 spiro atoms. The maximum absolute atomic E-state index is 13.1. The third kappa shape index (κ3) is 3.79. The zero-order valence-corrected chi connectivity index (χ0v) is 15.1. The largest absolute Gasteiger partial charge is 0.467 e. The number of carbonyl (C=O) groups excluding carboxylic acids is 1. The van der Waals surface area contributed by atoms with Crippen molar-refractivity contribution in [1.29, 1.82) is 0 Å². The van der Waals surface area contributed by atoms with Crippen molar-refractivity contribution < 1.29 is 14.3 Å². The number of pyridine rings is 1. The Labute approximate surface area is 161 Å². The maximum atomic E-state index is 13.1. The van der Waals surface area contributed by atoms with Crippen molar-refractivity contribution in [3.63, 3.8) is 0 Å². The molecule has 0 fully saturated rings. The number of hydrogen-bond acceptors (Lipinski definition) is 4. The SMILES string of the molecule is O=C(NC(c1ccncc1)c1ccc(Cl)cc1)C1OCOc2ccccc21. The summed E-state index contributed by atoms with van der Waals surface area (Å²) in [6.45, 7) is 0.0377. The van der Waals surface area contributed by atoms with Crippen LogP contribution in [-0.4, -0.2) is 17.7 Å². The Kier molecular flexibility index (Phi) is 5.05. The van der Waals surface area contributed by atoms with Gasteiger partial charge in [0.25, 0.3) is 5.91 Å². The molecule has 4 rings (SSSR count). The summed E-state index contributed by atoms with van der Waals surface area (Å²) in [6, 6.07) is 18.2. The zero-order valence-electron chi connectivity index (χ0n) is 14.3. The van der Waals surface area contributed by atoms with Gasteiger partial charge in [-0.25, -0.2) is 0 Å². The average molecular weight is 381 g/mol. The Hall–Kier alpha value is -2.89. The second-order valence-corrected chi connectivity index (χ2v) is 6.56. The van der Waals surface area contributed by atoms with Crippen LogP contribution in [0.15, 0.2) is 73.1 Å². The van der Waals surface area contributed by atoms with E-state index in [0.717, 1.165) is 11.1 Å². The molecule has 1 N–H and O–H groups in total. The zero-order chi connectivity index (χ0) is 18.6. The van der Waals surface area contributed by atoms with Crippen molar-refractivity contribution >= 4 is 17.5 Å². The normalized spacial score (nSPS) is 16.7. The molecular weight excluding hydrogens is 364 g/mol. The van der Waals surface area contributed by atoms with Crippen LogP contribution in [0.5, 0.6) is 5.75 Å². The summed E-state index contributed by atoms with van der Waals surface area (Å²) in [7, 11) is 0. The van der Waals surface area contributed by atoms with Gasteiger partial charge in [0.15, 0.2) is 12.9 Å². The van der Waals surface area contributed by atoms with Gasteiger partial charge in [0.1, 0.15) is 5.75 Å². The lowest BCUT2D eigenvalue weighted by atomic mass is 9.98. The first kappa shape index (κ1) is 17.5. The van der Waals surface area contributed by atoms with Crippen molar-refractivity contribution in [1.82, 2.24) is 10.3 Å². The van der Waals surface area contributed by atoms with E-state index < -0.39 is 6.10 Å². The van der Waals surface area contributed by atoms with Gasteiger partial charge >= 0.3 is 0 Å². The first-order valence-electron chi connectivity index (χ1n) is 8.51. The van der Waals surface area contributed by atoms with Crippen LogP contribution in [-0.2, 0) is 9.53 Å². The van der Waals surface area contributed by atoms with E-state index in [-0.39, 0.29) is 18.7 Å². The van der Waals surface area contributed by atoms with E-state index in [1.54, 1.807) is 24.5 Å². The van der Waals surface area contributed by atoms with Gasteiger partial charge in [-0.05, 0) is 41.5 Å². The molecule has 1 aliphatic heterocycles. The number of hydrogen-bond donors (Lipinski definition) is 1. The van der Waals surface area contributed by atoms with Crippen LogP contribution in [0, 0.1) is 0 Å². The van der Waals surface area contributed by atoms with Crippen LogP contribution < -0.4 is 10.1 Å². The lowest BCUT2D eigenvalue weighted by Gasteiger charge is -2.28. The number of nitrogens with zero attached hydrogens (tertiary/aromatic N) is 1. The summed E-state index contributed by atoms with van der Waals surface area (Å²) in [4.78, 5) is 17.1. The molecule has 0 saturated carbocycles. The number of nitrogens with one attached hydrogen (secondary N) is 1. The lowest BCUT2D eigenvalue weighted by Crippen LogP contribution is -2.36. The summed E-state index contributed by atoms with van der Waals surface area (Å²) in [5.74, 6) is 0.429. The minimum atomic E-state index is -0.730. The van der Waals surface area contributed by atoms with Gasteiger partial charge in [-0.15, -0.1) is 0 Å². The molecule has 1 amide bonds. The van der Waals surface area contributed by atoms with E-state index in [1.165, 1.54) is 0 Å².